The fraction of sp³-hybridized carbons (Fsp3) is 0.0455. The summed E-state index contributed by atoms with van der Waals surface area (Å²) in [6.07, 6.45) is 0.933. The largest absolute Gasteiger partial charge is 0.335 e. The molecule has 0 amide bonds. The highest BCUT2D eigenvalue weighted by Gasteiger charge is 2.18. The molecule has 0 bridgehead atoms. The first kappa shape index (κ1) is 15.7. The Labute approximate surface area is 151 Å². The third-order valence-corrected chi connectivity index (χ3v) is 4.65. The van der Waals surface area contributed by atoms with Crippen LogP contribution in [-0.4, -0.2) is 10.9 Å². The Balaban J connectivity index is 2.03. The minimum Gasteiger partial charge on any atom is -0.335 e. The molecule has 4 aromatic rings. The summed E-state index contributed by atoms with van der Waals surface area (Å²) < 4.78 is 2.19. The van der Waals surface area contributed by atoms with E-state index in [1.54, 1.807) is 0 Å². The van der Waals surface area contributed by atoms with Crippen molar-refractivity contribution in [2.75, 3.05) is 0 Å². The third-order valence-electron chi connectivity index (χ3n) is 4.41. The summed E-state index contributed by atoms with van der Waals surface area (Å²) in [7, 11) is 0. The van der Waals surface area contributed by atoms with Crippen molar-refractivity contribution >= 4 is 28.8 Å². The van der Waals surface area contributed by atoms with Gasteiger partial charge in [0.1, 0.15) is 0 Å². The predicted molar refractivity (Wildman–Crippen MR) is 103 cm³/mol. The lowest BCUT2D eigenvalue weighted by atomic mass is 10.1. The standard InChI is InChI=1S/C22H16ClNO/c23-18-11-12-21-19(13-18)20(15-25)22(17-9-5-2-6-10-17)24(21)14-16-7-3-1-4-8-16/h1-13,15H,14H2. The Bertz CT molecular complexity index is 1040. The van der Waals surface area contributed by atoms with E-state index in [1.165, 1.54) is 5.56 Å². The predicted octanol–water partition coefficient (Wildman–Crippen LogP) is 5.82. The van der Waals surface area contributed by atoms with Gasteiger partial charge in [0, 0.05) is 28.0 Å². The number of halogens is 1. The van der Waals surface area contributed by atoms with Crippen LogP contribution in [0, 0.1) is 0 Å². The van der Waals surface area contributed by atoms with Crippen LogP contribution in [0.3, 0.4) is 0 Å². The van der Waals surface area contributed by atoms with Gasteiger partial charge in [-0.15, -0.1) is 0 Å². The highest BCUT2D eigenvalue weighted by atomic mass is 35.5. The van der Waals surface area contributed by atoms with E-state index in [1.807, 2.05) is 66.7 Å². The van der Waals surface area contributed by atoms with Crippen molar-refractivity contribution in [2.45, 2.75) is 6.54 Å². The molecule has 0 aliphatic carbocycles. The van der Waals surface area contributed by atoms with E-state index in [0.29, 0.717) is 17.1 Å². The number of rotatable bonds is 4. The summed E-state index contributed by atoms with van der Waals surface area (Å²) in [5.41, 5.74) is 4.82. The van der Waals surface area contributed by atoms with E-state index in [4.69, 9.17) is 11.6 Å². The minimum absolute atomic E-state index is 0.632. The van der Waals surface area contributed by atoms with Gasteiger partial charge in [-0.1, -0.05) is 72.3 Å². The van der Waals surface area contributed by atoms with Crippen molar-refractivity contribution in [3.8, 4) is 11.3 Å². The average molecular weight is 346 g/mol. The summed E-state index contributed by atoms with van der Waals surface area (Å²) in [4.78, 5) is 11.9. The highest BCUT2D eigenvalue weighted by molar-refractivity contribution is 6.31. The molecule has 0 unspecified atom stereocenters. The van der Waals surface area contributed by atoms with Crippen molar-refractivity contribution in [3.63, 3.8) is 0 Å². The molecule has 0 N–H and O–H groups in total. The molecule has 0 saturated carbocycles. The smallest absolute Gasteiger partial charge is 0.152 e. The first-order chi connectivity index (χ1) is 12.3. The molecule has 122 valence electrons. The zero-order chi connectivity index (χ0) is 17.2. The summed E-state index contributed by atoms with van der Waals surface area (Å²) >= 11 is 6.19. The lowest BCUT2D eigenvalue weighted by Crippen LogP contribution is -2.02. The molecule has 0 spiro atoms. The van der Waals surface area contributed by atoms with Gasteiger partial charge in [0.25, 0.3) is 0 Å². The SMILES string of the molecule is O=Cc1c(-c2ccccc2)n(Cc2ccccc2)c2ccc(Cl)cc12. The number of aromatic nitrogens is 1. The fourth-order valence-corrected chi connectivity index (χ4v) is 3.48. The second kappa shape index (κ2) is 6.58. The maximum Gasteiger partial charge on any atom is 0.152 e. The van der Waals surface area contributed by atoms with Gasteiger partial charge in [-0.3, -0.25) is 4.79 Å². The molecule has 0 aliphatic rings. The van der Waals surface area contributed by atoms with E-state index in [9.17, 15) is 4.79 Å². The third kappa shape index (κ3) is 2.86. The molecule has 0 atom stereocenters. The summed E-state index contributed by atoms with van der Waals surface area (Å²) in [6, 6.07) is 26.0. The quantitative estimate of drug-likeness (QED) is 0.427. The molecule has 3 heteroatoms. The van der Waals surface area contributed by atoms with Gasteiger partial charge in [0.05, 0.1) is 5.69 Å². The molecular formula is C22H16ClNO. The van der Waals surface area contributed by atoms with Gasteiger partial charge in [-0.05, 0) is 29.3 Å². The van der Waals surface area contributed by atoms with Crippen LogP contribution >= 0.6 is 11.6 Å². The molecule has 1 aromatic heterocycles. The van der Waals surface area contributed by atoms with Crippen LogP contribution in [0.15, 0.2) is 78.9 Å². The molecule has 0 aliphatic heterocycles. The summed E-state index contributed by atoms with van der Waals surface area (Å²) in [5, 5.41) is 1.52. The van der Waals surface area contributed by atoms with Crippen LogP contribution in [0.5, 0.6) is 0 Å². The van der Waals surface area contributed by atoms with E-state index in [0.717, 1.165) is 28.4 Å². The van der Waals surface area contributed by atoms with Gasteiger partial charge in [0.2, 0.25) is 0 Å². The van der Waals surface area contributed by atoms with E-state index < -0.39 is 0 Å². The van der Waals surface area contributed by atoms with Crippen molar-refractivity contribution in [3.05, 3.63) is 95.0 Å². The zero-order valence-electron chi connectivity index (χ0n) is 13.5. The minimum atomic E-state index is 0.632. The Hall–Kier alpha value is -2.84. The molecule has 2 nitrogen and oxygen atoms in total. The second-order valence-corrected chi connectivity index (χ2v) is 6.42. The van der Waals surface area contributed by atoms with Crippen molar-refractivity contribution < 1.29 is 4.79 Å². The van der Waals surface area contributed by atoms with Crippen LogP contribution in [0.25, 0.3) is 22.2 Å². The molecule has 3 aromatic carbocycles. The Kier molecular flexibility index (Phi) is 4.12. The van der Waals surface area contributed by atoms with Crippen molar-refractivity contribution in [1.82, 2.24) is 4.57 Å². The molecule has 0 fully saturated rings. The monoisotopic (exact) mass is 345 g/mol. The average Bonchev–Trinajstić information content (AvgIpc) is 2.96. The highest BCUT2D eigenvalue weighted by Crippen LogP contribution is 2.34. The van der Waals surface area contributed by atoms with E-state index in [2.05, 4.69) is 16.7 Å². The van der Waals surface area contributed by atoms with Crippen LogP contribution in [0.1, 0.15) is 15.9 Å². The van der Waals surface area contributed by atoms with Crippen LogP contribution in [0.4, 0.5) is 0 Å². The Morgan fingerprint density at radius 3 is 2.24 bits per heavy atom. The van der Waals surface area contributed by atoms with Gasteiger partial charge in [-0.2, -0.15) is 0 Å². The molecule has 25 heavy (non-hydrogen) atoms. The normalized spacial score (nSPS) is 10.9. The number of benzene rings is 3. The molecule has 4 rings (SSSR count). The van der Waals surface area contributed by atoms with Crippen molar-refractivity contribution in [2.24, 2.45) is 0 Å². The van der Waals surface area contributed by atoms with Gasteiger partial charge in [-0.25, -0.2) is 0 Å². The lowest BCUT2D eigenvalue weighted by molar-refractivity contribution is 0.112. The van der Waals surface area contributed by atoms with E-state index in [-0.39, 0.29) is 0 Å². The van der Waals surface area contributed by atoms with Gasteiger partial charge < -0.3 is 4.57 Å². The number of hydrogen-bond donors (Lipinski definition) is 0. The number of fused-ring (bicyclic) bond motifs is 1. The van der Waals surface area contributed by atoms with Crippen molar-refractivity contribution in [1.29, 1.82) is 0 Å². The van der Waals surface area contributed by atoms with Gasteiger partial charge >= 0.3 is 0 Å². The number of aldehydes is 1. The molecule has 0 radical (unpaired) electrons. The second-order valence-electron chi connectivity index (χ2n) is 5.98. The summed E-state index contributed by atoms with van der Waals surface area (Å²) in [5.74, 6) is 0. The summed E-state index contributed by atoms with van der Waals surface area (Å²) in [6.45, 7) is 0.692. The topological polar surface area (TPSA) is 22.0 Å². The number of hydrogen-bond acceptors (Lipinski definition) is 1. The van der Waals surface area contributed by atoms with Crippen LogP contribution in [-0.2, 0) is 6.54 Å². The Morgan fingerprint density at radius 1 is 0.880 bits per heavy atom. The zero-order valence-corrected chi connectivity index (χ0v) is 14.3. The maximum atomic E-state index is 11.9. The Morgan fingerprint density at radius 2 is 1.56 bits per heavy atom. The van der Waals surface area contributed by atoms with Crippen LogP contribution < -0.4 is 0 Å². The lowest BCUT2D eigenvalue weighted by Gasteiger charge is -2.12. The van der Waals surface area contributed by atoms with Crippen LogP contribution in [0.2, 0.25) is 5.02 Å². The van der Waals surface area contributed by atoms with E-state index >= 15 is 0 Å². The molecular weight excluding hydrogens is 330 g/mol. The molecule has 1 heterocycles. The van der Waals surface area contributed by atoms with Gasteiger partial charge in [0.15, 0.2) is 6.29 Å². The first-order valence-corrected chi connectivity index (χ1v) is 8.52. The first-order valence-electron chi connectivity index (χ1n) is 8.14. The number of carbonyl (C=O) groups is 1. The maximum absolute atomic E-state index is 11.9. The fourth-order valence-electron chi connectivity index (χ4n) is 3.31. The number of carbonyl (C=O) groups excluding carboxylic acids is 1. The molecule has 0 saturated heterocycles. The number of nitrogens with zero attached hydrogens (tertiary/aromatic N) is 1.